The molecule has 3 aromatic heterocycles. The van der Waals surface area contributed by atoms with Gasteiger partial charge >= 0.3 is 0 Å². The fourth-order valence-corrected chi connectivity index (χ4v) is 5.08. The summed E-state index contributed by atoms with van der Waals surface area (Å²) in [6.07, 6.45) is 8.20. The standard InChI is InChI=1S/C27H27N7O3/c1-3-25(35)33-10-8-19(9-11-33)30-21-15-37-22-12-17(4-5-20(21)22)26-27(18-13-28-16-29-14-18)34-23(31-26)6-7-24(32-34)36-2/h3-7,12-14,16,19,21,30H,1,8-11,15H2,2H3/t21-/m0/s1. The number of carbonyl (C=O) groups excluding carboxylic acids is 1. The number of aromatic nitrogens is 5. The van der Waals surface area contributed by atoms with Crippen molar-refractivity contribution in [3.8, 4) is 34.1 Å². The molecule has 4 aromatic rings. The number of hydrogen-bond acceptors (Lipinski definition) is 8. The van der Waals surface area contributed by atoms with E-state index in [1.54, 1.807) is 30.1 Å². The van der Waals surface area contributed by atoms with E-state index in [0.717, 1.165) is 59.8 Å². The van der Waals surface area contributed by atoms with Crippen molar-refractivity contribution in [1.29, 1.82) is 0 Å². The molecule has 6 rings (SSSR count). The van der Waals surface area contributed by atoms with Gasteiger partial charge in [0.15, 0.2) is 5.65 Å². The molecule has 2 aliphatic rings. The molecule has 37 heavy (non-hydrogen) atoms. The van der Waals surface area contributed by atoms with Crippen molar-refractivity contribution in [2.24, 2.45) is 0 Å². The van der Waals surface area contributed by atoms with Crippen molar-refractivity contribution in [1.82, 2.24) is 34.8 Å². The van der Waals surface area contributed by atoms with Gasteiger partial charge in [0, 0.05) is 54.3 Å². The van der Waals surface area contributed by atoms with Gasteiger partial charge in [0.1, 0.15) is 24.4 Å². The molecule has 188 valence electrons. The molecular formula is C27H27N7O3. The Bertz CT molecular complexity index is 1460. The van der Waals surface area contributed by atoms with Gasteiger partial charge in [-0.3, -0.25) is 4.79 Å². The first-order valence-corrected chi connectivity index (χ1v) is 12.3. The first kappa shape index (κ1) is 23.1. The number of ether oxygens (including phenoxy) is 2. The fraction of sp³-hybridized carbons (Fsp3) is 0.296. The smallest absolute Gasteiger partial charge is 0.245 e. The fourth-order valence-electron chi connectivity index (χ4n) is 5.08. The SMILES string of the molecule is C=CC(=O)N1CCC(N[C@H]2COc3cc(-c4nc5ccc(OC)nn5c4-c4cncnc4)ccc32)CC1. The second-order valence-corrected chi connectivity index (χ2v) is 9.17. The number of nitrogens with one attached hydrogen (secondary N) is 1. The molecule has 1 amide bonds. The molecule has 2 aliphatic heterocycles. The molecule has 10 nitrogen and oxygen atoms in total. The average Bonchev–Trinajstić information content (AvgIpc) is 3.54. The second-order valence-electron chi connectivity index (χ2n) is 9.17. The Morgan fingerprint density at radius 3 is 2.73 bits per heavy atom. The van der Waals surface area contributed by atoms with Gasteiger partial charge < -0.3 is 19.7 Å². The minimum atomic E-state index is 0.00236. The third-order valence-corrected chi connectivity index (χ3v) is 6.98. The number of likely N-dealkylation sites (tertiary alicyclic amines) is 1. The molecule has 1 fully saturated rings. The monoisotopic (exact) mass is 497 g/mol. The Balaban J connectivity index is 1.29. The van der Waals surface area contributed by atoms with E-state index < -0.39 is 0 Å². The number of fused-ring (bicyclic) bond motifs is 2. The zero-order valence-corrected chi connectivity index (χ0v) is 20.5. The Kier molecular flexibility index (Phi) is 6.01. The van der Waals surface area contributed by atoms with Gasteiger partial charge in [-0.15, -0.1) is 5.10 Å². The van der Waals surface area contributed by atoms with Crippen LogP contribution in [0.3, 0.4) is 0 Å². The highest BCUT2D eigenvalue weighted by Crippen LogP contribution is 2.39. The predicted molar refractivity (Wildman–Crippen MR) is 137 cm³/mol. The molecule has 1 N–H and O–H groups in total. The molecule has 0 aliphatic carbocycles. The van der Waals surface area contributed by atoms with E-state index in [4.69, 9.17) is 14.5 Å². The number of imidazole rings is 1. The molecule has 10 heteroatoms. The van der Waals surface area contributed by atoms with Crippen LogP contribution in [0.25, 0.3) is 28.2 Å². The Morgan fingerprint density at radius 1 is 1.16 bits per heavy atom. The molecular weight excluding hydrogens is 470 g/mol. The first-order valence-electron chi connectivity index (χ1n) is 12.3. The lowest BCUT2D eigenvalue weighted by molar-refractivity contribution is -0.127. The summed E-state index contributed by atoms with van der Waals surface area (Å²) < 4.78 is 13.2. The first-order chi connectivity index (χ1) is 18.1. The number of hydrogen-bond donors (Lipinski definition) is 1. The number of piperidine rings is 1. The maximum absolute atomic E-state index is 11.9. The van der Waals surface area contributed by atoms with E-state index in [-0.39, 0.29) is 11.9 Å². The summed E-state index contributed by atoms with van der Waals surface area (Å²) in [7, 11) is 1.59. The summed E-state index contributed by atoms with van der Waals surface area (Å²) in [6, 6.07) is 10.3. The topological polar surface area (TPSA) is 107 Å². The zero-order chi connectivity index (χ0) is 25.4. The van der Waals surface area contributed by atoms with E-state index >= 15 is 0 Å². The lowest BCUT2D eigenvalue weighted by Gasteiger charge is -2.33. The van der Waals surface area contributed by atoms with E-state index in [2.05, 4.69) is 39.1 Å². The molecule has 1 aromatic carbocycles. The number of nitrogens with zero attached hydrogens (tertiary/aromatic N) is 6. The van der Waals surface area contributed by atoms with E-state index in [0.29, 0.717) is 24.2 Å². The Labute approximate surface area is 214 Å². The van der Waals surface area contributed by atoms with Crippen molar-refractivity contribution in [2.45, 2.75) is 24.9 Å². The van der Waals surface area contributed by atoms with Gasteiger partial charge in [-0.25, -0.2) is 19.5 Å². The van der Waals surface area contributed by atoms with Crippen molar-refractivity contribution >= 4 is 11.6 Å². The summed E-state index contributed by atoms with van der Waals surface area (Å²) in [4.78, 5) is 27.0. The number of carbonyl (C=O) groups is 1. The minimum absolute atomic E-state index is 0.00236. The molecule has 0 unspecified atom stereocenters. The van der Waals surface area contributed by atoms with Crippen LogP contribution in [0.15, 0.2) is 61.7 Å². The van der Waals surface area contributed by atoms with Crippen LogP contribution in [-0.2, 0) is 4.79 Å². The molecule has 5 heterocycles. The lowest BCUT2D eigenvalue weighted by atomic mass is 9.99. The molecule has 1 saturated heterocycles. The maximum Gasteiger partial charge on any atom is 0.245 e. The van der Waals surface area contributed by atoms with Gasteiger partial charge in [-0.1, -0.05) is 18.7 Å². The molecule has 0 saturated carbocycles. The van der Waals surface area contributed by atoms with Crippen LogP contribution in [0.4, 0.5) is 0 Å². The van der Waals surface area contributed by atoms with Crippen LogP contribution >= 0.6 is 0 Å². The van der Waals surface area contributed by atoms with Crippen molar-refractivity contribution in [2.75, 3.05) is 26.8 Å². The van der Waals surface area contributed by atoms with E-state index in [1.165, 1.54) is 12.4 Å². The van der Waals surface area contributed by atoms with Crippen LogP contribution in [0.5, 0.6) is 11.6 Å². The third-order valence-electron chi connectivity index (χ3n) is 6.98. The van der Waals surface area contributed by atoms with Crippen LogP contribution < -0.4 is 14.8 Å². The van der Waals surface area contributed by atoms with Gasteiger partial charge in [-0.05, 0) is 31.1 Å². The van der Waals surface area contributed by atoms with E-state index in [1.807, 2.05) is 17.0 Å². The molecule has 0 bridgehead atoms. The van der Waals surface area contributed by atoms with Crippen LogP contribution in [-0.4, -0.2) is 68.2 Å². The van der Waals surface area contributed by atoms with Crippen LogP contribution in [0.2, 0.25) is 0 Å². The number of amides is 1. The molecule has 1 atom stereocenters. The highest BCUT2D eigenvalue weighted by molar-refractivity contribution is 5.87. The Morgan fingerprint density at radius 2 is 1.97 bits per heavy atom. The number of benzene rings is 1. The van der Waals surface area contributed by atoms with E-state index in [9.17, 15) is 4.79 Å². The number of rotatable bonds is 6. The minimum Gasteiger partial charge on any atom is -0.491 e. The summed E-state index contributed by atoms with van der Waals surface area (Å²) in [5.41, 5.74) is 5.07. The highest BCUT2D eigenvalue weighted by Gasteiger charge is 2.30. The summed E-state index contributed by atoms with van der Waals surface area (Å²) in [5.74, 6) is 1.33. The van der Waals surface area contributed by atoms with Crippen LogP contribution in [0, 0.1) is 0 Å². The predicted octanol–water partition coefficient (Wildman–Crippen LogP) is 3.06. The van der Waals surface area contributed by atoms with Crippen LogP contribution in [0.1, 0.15) is 24.4 Å². The van der Waals surface area contributed by atoms with Crippen molar-refractivity contribution in [3.05, 3.63) is 67.3 Å². The normalized spacial score (nSPS) is 17.4. The van der Waals surface area contributed by atoms with Crippen molar-refractivity contribution < 1.29 is 14.3 Å². The van der Waals surface area contributed by atoms with Gasteiger partial charge in [0.2, 0.25) is 11.8 Å². The van der Waals surface area contributed by atoms with Gasteiger partial charge in [-0.2, -0.15) is 0 Å². The van der Waals surface area contributed by atoms with Gasteiger partial charge in [0.05, 0.1) is 18.8 Å². The summed E-state index contributed by atoms with van der Waals surface area (Å²) in [6.45, 7) is 5.63. The molecule has 0 radical (unpaired) electrons. The highest BCUT2D eigenvalue weighted by atomic mass is 16.5. The largest absolute Gasteiger partial charge is 0.491 e. The Hall–Kier alpha value is -4.31. The summed E-state index contributed by atoms with van der Waals surface area (Å²) >= 11 is 0. The number of methoxy groups -OCH3 is 1. The second kappa shape index (κ2) is 9.62. The lowest BCUT2D eigenvalue weighted by Crippen LogP contribution is -2.45. The summed E-state index contributed by atoms with van der Waals surface area (Å²) in [5, 5.41) is 8.33. The van der Waals surface area contributed by atoms with Gasteiger partial charge in [0.25, 0.3) is 0 Å². The quantitative estimate of drug-likeness (QED) is 0.405. The maximum atomic E-state index is 11.9. The third kappa shape index (κ3) is 4.29. The van der Waals surface area contributed by atoms with Crippen molar-refractivity contribution in [3.63, 3.8) is 0 Å². The molecule has 0 spiro atoms. The average molecular weight is 498 g/mol. The zero-order valence-electron chi connectivity index (χ0n) is 20.5.